The van der Waals surface area contributed by atoms with Gasteiger partial charge in [0.15, 0.2) is 11.2 Å². The first kappa shape index (κ1) is 13.4. The maximum Gasteiger partial charge on any atom is 0.346 e. The van der Waals surface area contributed by atoms with Crippen LogP contribution in [-0.2, 0) is 9.53 Å². The van der Waals surface area contributed by atoms with Gasteiger partial charge in [-0.1, -0.05) is 0 Å². The van der Waals surface area contributed by atoms with E-state index in [9.17, 15) is 4.79 Å². The van der Waals surface area contributed by atoms with E-state index in [0.29, 0.717) is 10.9 Å². The normalized spacial score (nSPS) is 11.9. The molecule has 1 unspecified atom stereocenters. The van der Waals surface area contributed by atoms with Crippen LogP contribution in [0.25, 0.3) is 11.3 Å². The second-order valence-electron chi connectivity index (χ2n) is 3.88. The maximum atomic E-state index is 11.2. The zero-order valence-corrected chi connectivity index (χ0v) is 11.4. The Morgan fingerprint density at radius 1 is 1.37 bits per heavy atom. The van der Waals surface area contributed by atoms with Gasteiger partial charge in [0.2, 0.25) is 0 Å². The second-order valence-corrected chi connectivity index (χ2v) is 4.77. The van der Waals surface area contributed by atoms with E-state index >= 15 is 0 Å². The molecule has 0 saturated heterocycles. The van der Waals surface area contributed by atoms with Gasteiger partial charge >= 0.3 is 5.97 Å². The highest BCUT2D eigenvalue weighted by atomic mass is 32.1. The van der Waals surface area contributed by atoms with E-state index in [1.807, 2.05) is 17.5 Å². The Morgan fingerprint density at radius 3 is 2.58 bits per heavy atom. The fraction of sp³-hybridized carbons (Fsp3) is 0.231. The summed E-state index contributed by atoms with van der Waals surface area (Å²) in [5.74, 6) is 0.196. The molecule has 6 heteroatoms. The van der Waals surface area contributed by atoms with Crippen molar-refractivity contribution in [1.29, 1.82) is 0 Å². The smallest absolute Gasteiger partial charge is 0.346 e. The predicted molar refractivity (Wildman–Crippen MR) is 74.1 cm³/mol. The van der Waals surface area contributed by atoms with Crippen LogP contribution in [0, 0.1) is 0 Å². The lowest BCUT2D eigenvalue weighted by Gasteiger charge is -2.12. The quantitative estimate of drug-likeness (QED) is 0.869. The van der Waals surface area contributed by atoms with Gasteiger partial charge in [0.1, 0.15) is 5.75 Å². The lowest BCUT2D eigenvalue weighted by molar-refractivity contribution is -0.147. The highest BCUT2D eigenvalue weighted by Crippen LogP contribution is 2.25. The molecule has 1 atom stereocenters. The minimum atomic E-state index is -0.634. The van der Waals surface area contributed by atoms with E-state index in [-0.39, 0.29) is 0 Å². The average Bonchev–Trinajstić information content (AvgIpc) is 2.85. The van der Waals surface area contributed by atoms with Gasteiger partial charge in [-0.3, -0.25) is 0 Å². The molecule has 2 aromatic rings. The average molecular weight is 278 g/mol. The summed E-state index contributed by atoms with van der Waals surface area (Å²) in [4.78, 5) is 15.4. The van der Waals surface area contributed by atoms with Gasteiger partial charge in [-0.2, -0.15) is 0 Å². The zero-order valence-electron chi connectivity index (χ0n) is 10.6. The van der Waals surface area contributed by atoms with Crippen LogP contribution in [0.5, 0.6) is 5.75 Å². The summed E-state index contributed by atoms with van der Waals surface area (Å²) in [6, 6.07) is 7.30. The molecule has 0 saturated carbocycles. The van der Waals surface area contributed by atoms with Gasteiger partial charge in [0.25, 0.3) is 0 Å². The topological polar surface area (TPSA) is 74.4 Å². The molecule has 2 rings (SSSR count). The van der Waals surface area contributed by atoms with Crippen molar-refractivity contribution in [1.82, 2.24) is 4.98 Å². The Balaban J connectivity index is 2.08. The number of benzene rings is 1. The highest BCUT2D eigenvalue weighted by molar-refractivity contribution is 7.13. The molecular formula is C13H14N2O3S. The molecule has 100 valence electrons. The molecular weight excluding hydrogens is 264 g/mol. The molecule has 1 aromatic heterocycles. The third-order valence-electron chi connectivity index (χ3n) is 2.52. The number of nitrogens with zero attached hydrogens (tertiary/aromatic N) is 1. The second kappa shape index (κ2) is 5.71. The number of nitrogen functional groups attached to an aromatic ring is 1. The zero-order chi connectivity index (χ0) is 13.8. The minimum absolute atomic E-state index is 0.406. The number of aromatic nitrogens is 1. The van der Waals surface area contributed by atoms with Crippen LogP contribution < -0.4 is 10.5 Å². The van der Waals surface area contributed by atoms with Gasteiger partial charge in [-0.25, -0.2) is 9.78 Å². The van der Waals surface area contributed by atoms with Crippen LogP contribution in [0.2, 0.25) is 0 Å². The molecule has 1 aromatic carbocycles. The number of methoxy groups -OCH3 is 1. The van der Waals surface area contributed by atoms with Crippen molar-refractivity contribution < 1.29 is 14.3 Å². The van der Waals surface area contributed by atoms with Crippen LogP contribution in [0.3, 0.4) is 0 Å². The molecule has 0 aliphatic carbocycles. The molecule has 0 aliphatic heterocycles. The van der Waals surface area contributed by atoms with Gasteiger partial charge < -0.3 is 15.2 Å². The molecule has 0 radical (unpaired) electrons. The summed E-state index contributed by atoms with van der Waals surface area (Å²) in [6.07, 6.45) is -0.634. The van der Waals surface area contributed by atoms with E-state index in [4.69, 9.17) is 10.5 Å². The standard InChI is InChI=1S/C13H14N2O3S/c1-8(12(16)17-2)18-10-5-3-9(4-6-10)11-7-19-13(14)15-11/h3-8H,1-2H3,(H2,14,15). The largest absolute Gasteiger partial charge is 0.479 e. The van der Waals surface area contributed by atoms with E-state index < -0.39 is 12.1 Å². The van der Waals surface area contributed by atoms with Crippen LogP contribution >= 0.6 is 11.3 Å². The maximum absolute atomic E-state index is 11.2. The molecule has 1 heterocycles. The predicted octanol–water partition coefficient (Wildman–Crippen LogP) is 2.33. The van der Waals surface area contributed by atoms with Crippen molar-refractivity contribution in [3.05, 3.63) is 29.6 Å². The molecule has 19 heavy (non-hydrogen) atoms. The molecule has 0 bridgehead atoms. The number of carbonyl (C=O) groups is 1. The van der Waals surface area contributed by atoms with Crippen LogP contribution in [0.1, 0.15) is 6.92 Å². The van der Waals surface area contributed by atoms with Gasteiger partial charge in [0, 0.05) is 10.9 Å². The molecule has 5 nitrogen and oxygen atoms in total. The van der Waals surface area contributed by atoms with Crippen molar-refractivity contribution in [2.75, 3.05) is 12.8 Å². The molecule has 0 spiro atoms. The minimum Gasteiger partial charge on any atom is -0.479 e. The number of carbonyl (C=O) groups excluding carboxylic acids is 1. The molecule has 2 N–H and O–H groups in total. The first-order chi connectivity index (χ1) is 9.10. The fourth-order valence-corrected chi connectivity index (χ4v) is 2.11. The third kappa shape index (κ3) is 3.23. The van der Waals surface area contributed by atoms with Crippen molar-refractivity contribution in [3.8, 4) is 17.0 Å². The number of hydrogen-bond acceptors (Lipinski definition) is 6. The van der Waals surface area contributed by atoms with Crippen molar-refractivity contribution in [3.63, 3.8) is 0 Å². The summed E-state index contributed by atoms with van der Waals surface area (Å²) in [5, 5.41) is 2.43. The van der Waals surface area contributed by atoms with E-state index in [1.54, 1.807) is 19.1 Å². The SMILES string of the molecule is COC(=O)C(C)Oc1ccc(-c2csc(N)n2)cc1. The lowest BCUT2D eigenvalue weighted by atomic mass is 10.2. The van der Waals surface area contributed by atoms with Crippen LogP contribution in [-0.4, -0.2) is 24.2 Å². The summed E-state index contributed by atoms with van der Waals surface area (Å²) in [6.45, 7) is 1.64. The number of rotatable bonds is 4. The van der Waals surface area contributed by atoms with Crippen LogP contribution in [0.4, 0.5) is 5.13 Å². The summed E-state index contributed by atoms with van der Waals surface area (Å²) < 4.78 is 10.0. The Bertz CT molecular complexity index is 566. The monoisotopic (exact) mass is 278 g/mol. The summed E-state index contributed by atoms with van der Waals surface area (Å²) in [5.41, 5.74) is 7.37. The summed E-state index contributed by atoms with van der Waals surface area (Å²) >= 11 is 1.40. The van der Waals surface area contributed by atoms with Crippen LogP contribution in [0.15, 0.2) is 29.6 Å². The van der Waals surface area contributed by atoms with Gasteiger partial charge in [-0.05, 0) is 31.2 Å². The van der Waals surface area contributed by atoms with E-state index in [2.05, 4.69) is 9.72 Å². The fourth-order valence-electron chi connectivity index (χ4n) is 1.54. The van der Waals surface area contributed by atoms with E-state index in [0.717, 1.165) is 11.3 Å². The number of esters is 1. The first-order valence-electron chi connectivity index (χ1n) is 5.66. The lowest BCUT2D eigenvalue weighted by Crippen LogP contribution is -2.24. The van der Waals surface area contributed by atoms with E-state index in [1.165, 1.54) is 18.4 Å². The van der Waals surface area contributed by atoms with Crippen molar-refractivity contribution in [2.45, 2.75) is 13.0 Å². The Morgan fingerprint density at radius 2 is 2.05 bits per heavy atom. The number of thiazole rings is 1. The Hall–Kier alpha value is -2.08. The Kier molecular flexibility index (Phi) is 4.01. The number of anilines is 1. The van der Waals surface area contributed by atoms with Crippen molar-refractivity contribution in [2.24, 2.45) is 0 Å². The number of ether oxygens (including phenoxy) is 2. The Labute approximate surface area is 115 Å². The van der Waals surface area contributed by atoms with Gasteiger partial charge in [-0.15, -0.1) is 11.3 Å². The summed E-state index contributed by atoms with van der Waals surface area (Å²) in [7, 11) is 1.33. The number of hydrogen-bond donors (Lipinski definition) is 1. The number of nitrogens with two attached hydrogens (primary N) is 1. The highest BCUT2D eigenvalue weighted by Gasteiger charge is 2.14. The third-order valence-corrected chi connectivity index (χ3v) is 3.19. The molecule has 0 aliphatic rings. The first-order valence-corrected chi connectivity index (χ1v) is 6.54. The molecule has 0 amide bonds. The van der Waals surface area contributed by atoms with Crippen molar-refractivity contribution >= 4 is 22.4 Å². The van der Waals surface area contributed by atoms with Gasteiger partial charge in [0.05, 0.1) is 12.8 Å². The molecule has 0 fully saturated rings.